The Kier molecular flexibility index (Phi) is 4.61. The number of hydrogen-bond donors (Lipinski definition) is 1. The summed E-state index contributed by atoms with van der Waals surface area (Å²) in [6.07, 6.45) is -0.501. The van der Waals surface area contributed by atoms with Gasteiger partial charge in [0.2, 0.25) is 0 Å². The molecule has 0 bridgehead atoms. The van der Waals surface area contributed by atoms with Crippen LogP contribution < -0.4 is 10.1 Å². The Morgan fingerprint density at radius 1 is 1.21 bits per heavy atom. The Balaban J connectivity index is 2.83. The van der Waals surface area contributed by atoms with Gasteiger partial charge in [-0.25, -0.2) is 0 Å². The zero-order chi connectivity index (χ0) is 14.8. The molecule has 3 nitrogen and oxygen atoms in total. The van der Waals surface area contributed by atoms with Crippen molar-refractivity contribution in [1.82, 2.24) is 5.32 Å². The molecule has 0 spiro atoms. The monoisotopic (exact) mass is 263 g/mol. The van der Waals surface area contributed by atoms with Gasteiger partial charge >= 0.3 is 0 Å². The SMILES string of the molecule is Cc1cc(C)c(C)c(OC(C)C(=O)NC(C)(C)C)c1. The largest absolute Gasteiger partial charge is 0.481 e. The number of nitrogens with one attached hydrogen (secondary N) is 1. The molecule has 106 valence electrons. The molecule has 1 atom stereocenters. The standard InChI is InChI=1S/C16H25NO2/c1-10-8-11(2)12(3)14(9-10)19-13(4)15(18)17-16(5,6)7/h8-9,13H,1-7H3,(H,17,18). The number of carbonyl (C=O) groups excluding carboxylic acids is 1. The molecule has 0 aliphatic carbocycles. The third-order valence-corrected chi connectivity index (χ3v) is 2.94. The lowest BCUT2D eigenvalue weighted by atomic mass is 10.1. The number of ether oxygens (including phenoxy) is 1. The fourth-order valence-corrected chi connectivity index (χ4v) is 1.84. The maximum atomic E-state index is 12.0. The molecule has 1 rings (SSSR count). The molecule has 1 unspecified atom stereocenters. The van der Waals surface area contributed by atoms with E-state index in [1.54, 1.807) is 6.92 Å². The van der Waals surface area contributed by atoms with E-state index in [2.05, 4.69) is 18.3 Å². The number of amides is 1. The second kappa shape index (κ2) is 5.64. The first-order valence-electron chi connectivity index (χ1n) is 6.66. The van der Waals surface area contributed by atoms with Gasteiger partial charge in [-0.3, -0.25) is 4.79 Å². The van der Waals surface area contributed by atoms with Gasteiger partial charge in [0.05, 0.1) is 0 Å². The molecule has 0 fully saturated rings. The van der Waals surface area contributed by atoms with Crippen LogP contribution in [0.25, 0.3) is 0 Å². The number of hydrogen-bond acceptors (Lipinski definition) is 2. The average molecular weight is 263 g/mol. The van der Waals surface area contributed by atoms with Crippen molar-refractivity contribution >= 4 is 5.91 Å². The van der Waals surface area contributed by atoms with E-state index >= 15 is 0 Å². The summed E-state index contributed by atoms with van der Waals surface area (Å²) >= 11 is 0. The normalized spacial score (nSPS) is 13.0. The van der Waals surface area contributed by atoms with Gasteiger partial charge in [-0.2, -0.15) is 0 Å². The van der Waals surface area contributed by atoms with Crippen LogP contribution in [0.5, 0.6) is 5.75 Å². The number of benzene rings is 1. The zero-order valence-corrected chi connectivity index (χ0v) is 13.0. The van der Waals surface area contributed by atoms with Gasteiger partial charge < -0.3 is 10.1 Å². The van der Waals surface area contributed by atoms with Crippen molar-refractivity contribution in [2.45, 2.75) is 60.1 Å². The summed E-state index contributed by atoms with van der Waals surface area (Å²) in [6.45, 7) is 13.7. The van der Waals surface area contributed by atoms with Gasteiger partial charge in [-0.15, -0.1) is 0 Å². The smallest absolute Gasteiger partial charge is 0.261 e. The van der Waals surface area contributed by atoms with Crippen molar-refractivity contribution in [2.24, 2.45) is 0 Å². The molecule has 3 heteroatoms. The Labute approximate surface area is 116 Å². The maximum Gasteiger partial charge on any atom is 0.261 e. The minimum atomic E-state index is -0.501. The summed E-state index contributed by atoms with van der Waals surface area (Å²) in [6, 6.07) is 4.09. The van der Waals surface area contributed by atoms with Crippen molar-refractivity contribution in [3.8, 4) is 5.75 Å². The molecular weight excluding hydrogens is 238 g/mol. The second-order valence-corrected chi connectivity index (χ2v) is 6.20. The van der Waals surface area contributed by atoms with Gasteiger partial charge in [-0.05, 0) is 71.2 Å². The van der Waals surface area contributed by atoms with Crippen LogP contribution in [-0.4, -0.2) is 17.6 Å². The summed E-state index contributed by atoms with van der Waals surface area (Å²) in [5, 5.41) is 2.92. The van der Waals surface area contributed by atoms with E-state index < -0.39 is 6.10 Å². The van der Waals surface area contributed by atoms with Crippen molar-refractivity contribution < 1.29 is 9.53 Å². The van der Waals surface area contributed by atoms with Crippen LogP contribution in [0.2, 0.25) is 0 Å². The molecule has 19 heavy (non-hydrogen) atoms. The zero-order valence-electron chi connectivity index (χ0n) is 13.0. The highest BCUT2D eigenvalue weighted by Gasteiger charge is 2.21. The van der Waals surface area contributed by atoms with E-state index in [-0.39, 0.29) is 11.4 Å². The topological polar surface area (TPSA) is 38.3 Å². The summed E-state index contributed by atoms with van der Waals surface area (Å²) < 4.78 is 5.80. The Hall–Kier alpha value is -1.51. The van der Waals surface area contributed by atoms with Crippen molar-refractivity contribution in [1.29, 1.82) is 0 Å². The van der Waals surface area contributed by atoms with Crippen molar-refractivity contribution in [2.75, 3.05) is 0 Å². The quantitative estimate of drug-likeness (QED) is 0.908. The Morgan fingerprint density at radius 3 is 2.32 bits per heavy atom. The van der Waals surface area contributed by atoms with Crippen LogP contribution >= 0.6 is 0 Å². The molecular formula is C16H25NO2. The van der Waals surface area contributed by atoms with E-state index in [0.29, 0.717) is 0 Å². The third-order valence-electron chi connectivity index (χ3n) is 2.94. The summed E-state index contributed by atoms with van der Waals surface area (Å²) in [7, 11) is 0. The first-order valence-corrected chi connectivity index (χ1v) is 6.66. The van der Waals surface area contributed by atoms with Crippen LogP contribution in [0.1, 0.15) is 44.4 Å². The molecule has 0 aliphatic heterocycles. The Bertz CT molecular complexity index is 472. The van der Waals surface area contributed by atoms with Crippen LogP contribution in [-0.2, 0) is 4.79 Å². The highest BCUT2D eigenvalue weighted by Crippen LogP contribution is 2.24. The molecule has 0 aromatic heterocycles. The van der Waals surface area contributed by atoms with Gasteiger partial charge in [0.15, 0.2) is 6.10 Å². The Morgan fingerprint density at radius 2 is 1.79 bits per heavy atom. The first kappa shape index (κ1) is 15.5. The predicted molar refractivity (Wildman–Crippen MR) is 78.6 cm³/mol. The molecule has 0 saturated carbocycles. The number of carbonyl (C=O) groups is 1. The van der Waals surface area contributed by atoms with E-state index in [1.807, 2.05) is 40.7 Å². The molecule has 0 aliphatic rings. The fourth-order valence-electron chi connectivity index (χ4n) is 1.84. The summed E-state index contributed by atoms with van der Waals surface area (Å²) in [5.74, 6) is 0.695. The molecule has 1 N–H and O–H groups in total. The highest BCUT2D eigenvalue weighted by molar-refractivity contribution is 5.81. The molecule has 1 amide bonds. The molecule has 1 aromatic rings. The second-order valence-electron chi connectivity index (χ2n) is 6.20. The predicted octanol–water partition coefficient (Wildman–Crippen LogP) is 3.29. The van der Waals surface area contributed by atoms with Crippen molar-refractivity contribution in [3.63, 3.8) is 0 Å². The first-order chi connectivity index (χ1) is 8.60. The van der Waals surface area contributed by atoms with Gasteiger partial charge in [-0.1, -0.05) is 6.07 Å². The summed E-state index contributed by atoms with van der Waals surface area (Å²) in [4.78, 5) is 12.0. The van der Waals surface area contributed by atoms with Crippen molar-refractivity contribution in [3.05, 3.63) is 28.8 Å². The third kappa shape index (κ3) is 4.58. The van der Waals surface area contributed by atoms with Crippen LogP contribution in [0.4, 0.5) is 0 Å². The molecule has 0 saturated heterocycles. The minimum absolute atomic E-state index is 0.0916. The molecule has 1 aromatic carbocycles. The van der Waals surface area contributed by atoms with Crippen LogP contribution in [0, 0.1) is 20.8 Å². The lowest BCUT2D eigenvalue weighted by Gasteiger charge is -2.24. The highest BCUT2D eigenvalue weighted by atomic mass is 16.5. The van der Waals surface area contributed by atoms with Gasteiger partial charge in [0, 0.05) is 5.54 Å². The maximum absolute atomic E-state index is 12.0. The lowest BCUT2D eigenvalue weighted by molar-refractivity contribution is -0.128. The average Bonchev–Trinajstić information content (AvgIpc) is 2.22. The van der Waals surface area contributed by atoms with Gasteiger partial charge in [0.1, 0.15) is 5.75 Å². The number of rotatable bonds is 3. The van der Waals surface area contributed by atoms with E-state index in [9.17, 15) is 4.79 Å². The van der Waals surface area contributed by atoms with Crippen LogP contribution in [0.3, 0.4) is 0 Å². The van der Waals surface area contributed by atoms with E-state index in [1.165, 1.54) is 5.56 Å². The summed E-state index contributed by atoms with van der Waals surface area (Å²) in [5.41, 5.74) is 3.16. The van der Waals surface area contributed by atoms with E-state index in [4.69, 9.17) is 4.74 Å². The van der Waals surface area contributed by atoms with E-state index in [0.717, 1.165) is 16.9 Å². The van der Waals surface area contributed by atoms with Gasteiger partial charge in [0.25, 0.3) is 5.91 Å². The minimum Gasteiger partial charge on any atom is -0.481 e. The fraction of sp³-hybridized carbons (Fsp3) is 0.562. The molecule has 0 heterocycles. The number of aryl methyl sites for hydroxylation is 2. The molecule has 0 radical (unpaired) electrons. The lowest BCUT2D eigenvalue weighted by Crippen LogP contribution is -2.46. The van der Waals surface area contributed by atoms with Crippen LogP contribution in [0.15, 0.2) is 12.1 Å².